The second-order valence-electron chi connectivity index (χ2n) is 16.3. The van der Waals surface area contributed by atoms with Crippen molar-refractivity contribution in [2.45, 2.75) is 122 Å². The SMILES string of the molecule is CC1(C)C(=O)N(C2COC2)c2cc(B3OC(C)(C)C(C)(C)O3)ccc21.CC1(C)C(=O)Nc2cc(B3OC(C)(C)C(C)(C)O3)ccc21. The van der Waals surface area contributed by atoms with Crippen LogP contribution < -0.4 is 21.1 Å². The number of hydrogen-bond acceptors (Lipinski definition) is 7. The second kappa shape index (κ2) is 10.4. The average Bonchev–Trinajstić information content (AvgIpc) is 3.45. The number of fused-ring (bicyclic) bond motifs is 2. The third-order valence-electron chi connectivity index (χ3n) is 11.3. The van der Waals surface area contributed by atoms with E-state index in [1.807, 2.05) is 118 Å². The molecule has 0 saturated carbocycles. The van der Waals surface area contributed by atoms with E-state index in [4.69, 9.17) is 23.4 Å². The Morgan fingerprint density at radius 2 is 1.11 bits per heavy atom. The highest BCUT2D eigenvalue weighted by Crippen LogP contribution is 2.44. The number of ether oxygens (including phenoxy) is 1. The Labute approximate surface area is 274 Å². The van der Waals surface area contributed by atoms with Gasteiger partial charge in [0, 0.05) is 11.4 Å². The van der Waals surface area contributed by atoms with Crippen LogP contribution in [0.15, 0.2) is 36.4 Å². The molecule has 11 heteroatoms. The van der Waals surface area contributed by atoms with Crippen molar-refractivity contribution in [3.8, 4) is 0 Å². The van der Waals surface area contributed by atoms with E-state index in [9.17, 15) is 9.59 Å². The molecule has 2 amide bonds. The van der Waals surface area contributed by atoms with Crippen molar-refractivity contribution in [2.24, 2.45) is 0 Å². The molecular formula is C35H48B2N2O7. The maximum absolute atomic E-state index is 13.0. The Hall–Kier alpha value is -2.69. The summed E-state index contributed by atoms with van der Waals surface area (Å²) in [6.07, 6.45) is 0. The number of benzene rings is 2. The molecule has 7 rings (SSSR count). The van der Waals surface area contributed by atoms with E-state index in [-0.39, 0.29) is 40.3 Å². The van der Waals surface area contributed by atoms with Gasteiger partial charge in [0.2, 0.25) is 11.8 Å². The molecular weight excluding hydrogens is 582 g/mol. The monoisotopic (exact) mass is 630 g/mol. The smallest absolute Gasteiger partial charge is 0.399 e. The molecule has 246 valence electrons. The van der Waals surface area contributed by atoms with Crippen LogP contribution in [0.2, 0.25) is 0 Å². The molecule has 46 heavy (non-hydrogen) atoms. The molecule has 3 fully saturated rings. The van der Waals surface area contributed by atoms with E-state index in [0.717, 1.165) is 33.4 Å². The third-order valence-corrected chi connectivity index (χ3v) is 11.3. The van der Waals surface area contributed by atoms with Crippen molar-refractivity contribution in [1.82, 2.24) is 0 Å². The lowest BCUT2D eigenvalue weighted by Crippen LogP contribution is -2.53. The van der Waals surface area contributed by atoms with Crippen molar-refractivity contribution in [2.75, 3.05) is 23.4 Å². The lowest BCUT2D eigenvalue weighted by atomic mass is 9.77. The maximum atomic E-state index is 13.0. The molecule has 0 bridgehead atoms. The Morgan fingerprint density at radius 1 is 0.652 bits per heavy atom. The molecule has 9 nitrogen and oxygen atoms in total. The van der Waals surface area contributed by atoms with Crippen LogP contribution in [0.5, 0.6) is 0 Å². The number of nitrogens with zero attached hydrogens (tertiary/aromatic N) is 1. The Morgan fingerprint density at radius 3 is 1.57 bits per heavy atom. The molecule has 3 saturated heterocycles. The van der Waals surface area contributed by atoms with Crippen LogP contribution in [0.25, 0.3) is 0 Å². The molecule has 0 radical (unpaired) electrons. The van der Waals surface area contributed by atoms with Gasteiger partial charge in [0.15, 0.2) is 0 Å². The van der Waals surface area contributed by atoms with Crippen LogP contribution >= 0.6 is 0 Å². The topological polar surface area (TPSA) is 95.6 Å². The summed E-state index contributed by atoms with van der Waals surface area (Å²) in [5.74, 6) is 0.172. The van der Waals surface area contributed by atoms with Crippen LogP contribution in [-0.4, -0.2) is 67.7 Å². The zero-order chi connectivity index (χ0) is 33.8. The van der Waals surface area contributed by atoms with Gasteiger partial charge in [-0.15, -0.1) is 0 Å². The first-order valence-corrected chi connectivity index (χ1v) is 16.3. The first-order chi connectivity index (χ1) is 21.1. The number of nitrogens with one attached hydrogen (secondary N) is 1. The molecule has 0 aliphatic carbocycles. The highest BCUT2D eigenvalue weighted by molar-refractivity contribution is 6.62. The highest BCUT2D eigenvalue weighted by atomic mass is 16.7. The van der Waals surface area contributed by atoms with Gasteiger partial charge in [0.25, 0.3) is 0 Å². The molecule has 5 aliphatic heterocycles. The van der Waals surface area contributed by atoms with Gasteiger partial charge in [-0.3, -0.25) is 9.59 Å². The molecule has 0 atom stereocenters. The summed E-state index contributed by atoms with van der Waals surface area (Å²) in [7, 11) is -0.825. The van der Waals surface area contributed by atoms with Crippen molar-refractivity contribution in [3.63, 3.8) is 0 Å². The molecule has 0 aromatic heterocycles. The number of carbonyl (C=O) groups is 2. The first kappa shape index (κ1) is 33.2. The van der Waals surface area contributed by atoms with E-state index >= 15 is 0 Å². The van der Waals surface area contributed by atoms with E-state index in [0.29, 0.717) is 13.2 Å². The molecule has 0 spiro atoms. The zero-order valence-electron chi connectivity index (χ0n) is 29.4. The van der Waals surface area contributed by atoms with Crippen LogP contribution in [0, 0.1) is 0 Å². The van der Waals surface area contributed by atoms with Crippen molar-refractivity contribution in [3.05, 3.63) is 47.5 Å². The number of anilines is 2. The maximum Gasteiger partial charge on any atom is 0.494 e. The molecule has 0 unspecified atom stereocenters. The summed E-state index contributed by atoms with van der Waals surface area (Å²) in [5.41, 5.74) is 3.31. The van der Waals surface area contributed by atoms with Crippen molar-refractivity contribution in [1.29, 1.82) is 0 Å². The van der Waals surface area contributed by atoms with E-state index in [1.165, 1.54) is 0 Å². The fourth-order valence-electron chi connectivity index (χ4n) is 6.40. The van der Waals surface area contributed by atoms with Gasteiger partial charge in [-0.1, -0.05) is 24.3 Å². The standard InChI is InChI=1S/C19H26BNO4.C16H22BNO3/c1-17(2)14-8-7-12(20-24-18(3,4)19(5,6)25-20)9-15(14)21(16(17)22)13-10-23-11-13;1-14(2)11-8-7-10(9-12(11)18-13(14)19)17-20-15(3,4)16(5,6)21-17/h7-9,13H,10-11H2,1-6H3;7-9H,1-6H3,(H,18,19). The quantitative estimate of drug-likeness (QED) is 0.508. The van der Waals surface area contributed by atoms with Gasteiger partial charge in [0.05, 0.1) is 52.5 Å². The number of amides is 2. The van der Waals surface area contributed by atoms with Gasteiger partial charge in [-0.25, -0.2) is 0 Å². The van der Waals surface area contributed by atoms with Crippen molar-refractivity contribution < 1.29 is 32.9 Å². The van der Waals surface area contributed by atoms with Gasteiger partial charge in [0.1, 0.15) is 0 Å². The Balaban J connectivity index is 0.000000164. The molecule has 2 aromatic rings. The predicted octanol–water partition coefficient (Wildman–Crippen LogP) is 4.22. The minimum atomic E-state index is -0.514. The zero-order valence-corrected chi connectivity index (χ0v) is 29.4. The highest BCUT2D eigenvalue weighted by Gasteiger charge is 2.54. The summed E-state index contributed by atoms with van der Waals surface area (Å²) in [6.45, 7) is 25.4. The fraction of sp³-hybridized carbons (Fsp3) is 0.600. The second-order valence-corrected chi connectivity index (χ2v) is 16.3. The first-order valence-electron chi connectivity index (χ1n) is 16.3. The molecule has 1 N–H and O–H groups in total. The van der Waals surface area contributed by atoms with E-state index in [2.05, 4.69) is 11.4 Å². The Kier molecular flexibility index (Phi) is 7.51. The minimum Gasteiger partial charge on any atom is -0.399 e. The van der Waals surface area contributed by atoms with E-state index in [1.54, 1.807) is 0 Å². The van der Waals surface area contributed by atoms with Crippen LogP contribution in [0.4, 0.5) is 11.4 Å². The minimum absolute atomic E-state index is 0.0311. The van der Waals surface area contributed by atoms with Crippen LogP contribution in [-0.2, 0) is 43.8 Å². The number of hydrogen-bond donors (Lipinski definition) is 1. The van der Waals surface area contributed by atoms with E-state index < -0.39 is 25.1 Å². The average molecular weight is 630 g/mol. The lowest BCUT2D eigenvalue weighted by molar-refractivity contribution is -0.124. The number of carbonyl (C=O) groups excluding carboxylic acids is 2. The largest absolute Gasteiger partial charge is 0.494 e. The normalized spacial score (nSPS) is 25.9. The number of rotatable bonds is 3. The van der Waals surface area contributed by atoms with Crippen molar-refractivity contribution >= 4 is 48.4 Å². The summed E-state index contributed by atoms with van der Waals surface area (Å²) < 4.78 is 29.8. The fourth-order valence-corrected chi connectivity index (χ4v) is 6.40. The van der Waals surface area contributed by atoms with Gasteiger partial charge in [-0.2, -0.15) is 0 Å². The van der Waals surface area contributed by atoms with Gasteiger partial charge >= 0.3 is 14.2 Å². The van der Waals surface area contributed by atoms with Crippen LogP contribution in [0.3, 0.4) is 0 Å². The summed E-state index contributed by atoms with van der Waals surface area (Å²) in [6, 6.07) is 12.2. The lowest BCUT2D eigenvalue weighted by Gasteiger charge is -2.35. The third kappa shape index (κ3) is 5.05. The Bertz CT molecular complexity index is 1560. The molecule has 5 heterocycles. The van der Waals surface area contributed by atoms with Gasteiger partial charge in [-0.05, 0) is 117 Å². The summed E-state index contributed by atoms with van der Waals surface area (Å²) in [5, 5.41) is 2.94. The molecule has 5 aliphatic rings. The molecule has 2 aromatic carbocycles. The van der Waals surface area contributed by atoms with Gasteiger partial charge < -0.3 is 33.6 Å². The summed E-state index contributed by atoms with van der Waals surface area (Å²) in [4.78, 5) is 26.9. The summed E-state index contributed by atoms with van der Waals surface area (Å²) >= 11 is 0. The predicted molar refractivity (Wildman–Crippen MR) is 181 cm³/mol. The van der Waals surface area contributed by atoms with Crippen LogP contribution in [0.1, 0.15) is 94.2 Å².